The van der Waals surface area contributed by atoms with Gasteiger partial charge in [0.25, 0.3) is 10.1 Å². The first-order chi connectivity index (χ1) is 5.47. The Bertz CT molecular complexity index is 358. The van der Waals surface area contributed by atoms with E-state index in [4.69, 9.17) is 16.2 Å². The molecule has 0 aliphatic carbocycles. The van der Waals surface area contributed by atoms with Gasteiger partial charge in [0, 0.05) is 5.02 Å². The minimum atomic E-state index is -3.93. The van der Waals surface area contributed by atoms with Crippen LogP contribution in [0.15, 0.2) is 24.3 Å². The average Bonchev–Trinajstić information content (AvgIpc) is 1.91. The SMILES string of the molecule is Cl.O=S(=O)(O)Cc1ccc(Cl)cc1. The molecule has 0 saturated heterocycles. The first-order valence-corrected chi connectivity index (χ1v) is 5.16. The Labute approximate surface area is 87.9 Å². The van der Waals surface area contributed by atoms with Crippen molar-refractivity contribution in [2.75, 3.05) is 0 Å². The third-order valence-electron chi connectivity index (χ3n) is 1.26. The maximum absolute atomic E-state index is 10.4. The van der Waals surface area contributed by atoms with Crippen molar-refractivity contribution in [2.24, 2.45) is 0 Å². The van der Waals surface area contributed by atoms with Crippen molar-refractivity contribution in [3.05, 3.63) is 34.9 Å². The monoisotopic (exact) mass is 242 g/mol. The van der Waals surface area contributed by atoms with Crippen LogP contribution in [-0.4, -0.2) is 13.0 Å². The van der Waals surface area contributed by atoms with Crippen LogP contribution < -0.4 is 0 Å². The summed E-state index contributed by atoms with van der Waals surface area (Å²) in [7, 11) is -3.93. The van der Waals surface area contributed by atoms with Crippen LogP contribution >= 0.6 is 24.0 Å². The molecule has 1 aromatic rings. The Morgan fingerprint density at radius 3 is 2.08 bits per heavy atom. The van der Waals surface area contributed by atoms with Crippen molar-refractivity contribution in [1.29, 1.82) is 0 Å². The van der Waals surface area contributed by atoms with Gasteiger partial charge in [-0.05, 0) is 17.7 Å². The van der Waals surface area contributed by atoms with Crippen LogP contribution in [0.3, 0.4) is 0 Å². The maximum Gasteiger partial charge on any atom is 0.269 e. The molecule has 0 spiro atoms. The van der Waals surface area contributed by atoms with E-state index in [9.17, 15) is 8.42 Å². The van der Waals surface area contributed by atoms with Crippen LogP contribution in [0, 0.1) is 0 Å². The van der Waals surface area contributed by atoms with Crippen LogP contribution in [0.1, 0.15) is 5.56 Å². The minimum absolute atomic E-state index is 0. The Morgan fingerprint density at radius 2 is 1.69 bits per heavy atom. The second kappa shape index (κ2) is 4.81. The molecule has 0 saturated carbocycles. The number of halogens is 2. The molecule has 74 valence electrons. The van der Waals surface area contributed by atoms with Crippen LogP contribution in [0.2, 0.25) is 5.02 Å². The second-order valence-corrected chi connectivity index (χ2v) is 4.24. The molecule has 0 bridgehead atoms. The van der Waals surface area contributed by atoms with E-state index in [1.807, 2.05) is 0 Å². The smallest absolute Gasteiger partial charge is 0.269 e. The molecular weight excluding hydrogens is 235 g/mol. The average molecular weight is 243 g/mol. The minimum Gasteiger partial charge on any atom is -0.285 e. The van der Waals surface area contributed by atoms with Crippen molar-refractivity contribution in [1.82, 2.24) is 0 Å². The predicted octanol–water partition coefficient (Wildman–Crippen LogP) is 2.15. The summed E-state index contributed by atoms with van der Waals surface area (Å²) in [5.41, 5.74) is 0.516. The van der Waals surface area contributed by atoms with Gasteiger partial charge in [0.2, 0.25) is 0 Å². The molecule has 0 aliphatic heterocycles. The first-order valence-electron chi connectivity index (χ1n) is 3.17. The van der Waals surface area contributed by atoms with Gasteiger partial charge in [-0.1, -0.05) is 23.7 Å². The summed E-state index contributed by atoms with van der Waals surface area (Å²) in [5.74, 6) is -0.371. The number of hydrogen-bond donors (Lipinski definition) is 1. The van der Waals surface area contributed by atoms with Crippen molar-refractivity contribution in [3.8, 4) is 0 Å². The Hall–Kier alpha value is -0.290. The molecule has 0 atom stereocenters. The van der Waals surface area contributed by atoms with E-state index in [0.717, 1.165) is 0 Å². The zero-order valence-corrected chi connectivity index (χ0v) is 8.86. The fraction of sp³-hybridized carbons (Fsp3) is 0.143. The van der Waals surface area contributed by atoms with Crippen molar-refractivity contribution >= 4 is 34.1 Å². The van der Waals surface area contributed by atoms with Gasteiger partial charge in [-0.2, -0.15) is 8.42 Å². The van der Waals surface area contributed by atoms with Gasteiger partial charge in [-0.3, -0.25) is 4.55 Å². The van der Waals surface area contributed by atoms with Crippen molar-refractivity contribution in [3.63, 3.8) is 0 Å². The molecule has 0 aromatic heterocycles. The molecule has 0 amide bonds. The van der Waals surface area contributed by atoms with Crippen LogP contribution in [0.4, 0.5) is 0 Å². The Morgan fingerprint density at radius 1 is 1.23 bits per heavy atom. The van der Waals surface area contributed by atoms with Gasteiger partial charge in [0.05, 0.1) is 0 Å². The zero-order valence-electron chi connectivity index (χ0n) is 6.47. The summed E-state index contributed by atoms with van der Waals surface area (Å²) < 4.78 is 29.3. The largest absolute Gasteiger partial charge is 0.285 e. The highest BCUT2D eigenvalue weighted by atomic mass is 35.5. The molecule has 1 rings (SSSR count). The summed E-state index contributed by atoms with van der Waals surface area (Å²) in [5, 5.41) is 0.536. The predicted molar refractivity (Wildman–Crippen MR) is 54.0 cm³/mol. The highest BCUT2D eigenvalue weighted by Crippen LogP contribution is 2.11. The molecule has 0 heterocycles. The third-order valence-corrected chi connectivity index (χ3v) is 2.21. The molecule has 0 unspecified atom stereocenters. The molecular formula is C7H8Cl2O3S. The maximum atomic E-state index is 10.4. The molecule has 1 N–H and O–H groups in total. The van der Waals surface area contributed by atoms with Crippen LogP contribution in [0.5, 0.6) is 0 Å². The van der Waals surface area contributed by atoms with Gasteiger partial charge in [-0.25, -0.2) is 0 Å². The second-order valence-electron chi connectivity index (χ2n) is 2.35. The number of rotatable bonds is 2. The summed E-state index contributed by atoms with van der Waals surface area (Å²) in [6.45, 7) is 0. The van der Waals surface area contributed by atoms with Crippen LogP contribution in [-0.2, 0) is 15.9 Å². The zero-order chi connectivity index (χ0) is 9.19. The molecule has 0 aliphatic rings. The first kappa shape index (κ1) is 12.7. The van der Waals surface area contributed by atoms with Gasteiger partial charge >= 0.3 is 0 Å². The van der Waals surface area contributed by atoms with Crippen LogP contribution in [0.25, 0.3) is 0 Å². The summed E-state index contributed by atoms with van der Waals surface area (Å²) in [4.78, 5) is 0. The van der Waals surface area contributed by atoms with Crippen molar-refractivity contribution < 1.29 is 13.0 Å². The summed E-state index contributed by atoms with van der Waals surface area (Å²) in [6.07, 6.45) is 0. The Balaban J connectivity index is 0.00000144. The van der Waals surface area contributed by atoms with E-state index >= 15 is 0 Å². The lowest BCUT2D eigenvalue weighted by Gasteiger charge is -1.97. The van der Waals surface area contributed by atoms with Crippen molar-refractivity contribution in [2.45, 2.75) is 5.75 Å². The molecule has 1 aromatic carbocycles. The molecule has 3 nitrogen and oxygen atoms in total. The molecule has 6 heteroatoms. The van der Waals surface area contributed by atoms with Gasteiger partial charge < -0.3 is 0 Å². The fourth-order valence-corrected chi connectivity index (χ4v) is 1.53. The number of hydrogen-bond acceptors (Lipinski definition) is 2. The standard InChI is InChI=1S/C7H7ClO3S.ClH/c8-7-3-1-6(2-4-7)5-12(9,10)11;/h1-4H,5H2,(H,9,10,11);1H. The highest BCUT2D eigenvalue weighted by Gasteiger charge is 2.05. The lowest BCUT2D eigenvalue weighted by atomic mass is 10.2. The van der Waals surface area contributed by atoms with Gasteiger partial charge in [-0.15, -0.1) is 12.4 Å². The van der Waals surface area contributed by atoms with Gasteiger partial charge in [0.1, 0.15) is 5.75 Å². The van der Waals surface area contributed by atoms with E-state index in [0.29, 0.717) is 10.6 Å². The molecule has 13 heavy (non-hydrogen) atoms. The topological polar surface area (TPSA) is 54.4 Å². The lowest BCUT2D eigenvalue weighted by molar-refractivity contribution is 0.482. The summed E-state index contributed by atoms with van der Waals surface area (Å²) >= 11 is 5.57. The van der Waals surface area contributed by atoms with E-state index in [-0.39, 0.29) is 18.2 Å². The quantitative estimate of drug-likeness (QED) is 0.809. The molecule has 0 radical (unpaired) electrons. The van der Waals surface area contributed by atoms with E-state index in [1.165, 1.54) is 0 Å². The van der Waals surface area contributed by atoms with E-state index in [2.05, 4.69) is 0 Å². The normalized spacial score (nSPS) is 10.6. The molecule has 0 fully saturated rings. The lowest BCUT2D eigenvalue weighted by Crippen LogP contribution is -2.00. The van der Waals surface area contributed by atoms with E-state index in [1.54, 1.807) is 24.3 Å². The van der Waals surface area contributed by atoms with E-state index < -0.39 is 10.1 Å². The third kappa shape index (κ3) is 5.10. The van der Waals surface area contributed by atoms with Gasteiger partial charge in [0.15, 0.2) is 0 Å². The fourth-order valence-electron chi connectivity index (χ4n) is 0.791. The Kier molecular flexibility index (Phi) is 4.70. The summed E-state index contributed by atoms with van der Waals surface area (Å²) in [6, 6.07) is 6.25. The number of benzene rings is 1. The highest BCUT2D eigenvalue weighted by molar-refractivity contribution is 7.85.